The lowest BCUT2D eigenvalue weighted by atomic mass is 9.75. The monoisotopic (exact) mass is 430 g/mol. The maximum Gasteiger partial charge on any atom is 0.226 e. The number of carbonyl (C=O) groups excluding carboxylic acids is 1. The Labute approximate surface area is 184 Å². The summed E-state index contributed by atoms with van der Waals surface area (Å²) in [6.07, 6.45) is 2.36. The van der Waals surface area contributed by atoms with Crippen molar-refractivity contribution in [3.63, 3.8) is 0 Å². The number of carbonyl (C=O) groups is 1. The summed E-state index contributed by atoms with van der Waals surface area (Å²) in [5.74, 6) is 1.68. The van der Waals surface area contributed by atoms with Crippen molar-refractivity contribution in [1.82, 2.24) is 10.2 Å². The summed E-state index contributed by atoms with van der Waals surface area (Å²) in [5, 5.41) is 3.67. The van der Waals surface area contributed by atoms with E-state index in [1.165, 1.54) is 0 Å². The fourth-order valence-corrected chi connectivity index (χ4v) is 4.31. The Morgan fingerprint density at radius 2 is 1.90 bits per heavy atom. The van der Waals surface area contributed by atoms with Crippen LogP contribution in [0.4, 0.5) is 0 Å². The minimum absolute atomic E-state index is 0.147. The first-order valence-electron chi connectivity index (χ1n) is 10.6. The van der Waals surface area contributed by atoms with Crippen LogP contribution in [-0.4, -0.2) is 44.2 Å². The smallest absolute Gasteiger partial charge is 0.226 e. The number of methoxy groups -OCH3 is 1. The molecule has 0 bridgehead atoms. The average molecular weight is 431 g/mol. The number of amides is 1. The van der Waals surface area contributed by atoms with Crippen molar-refractivity contribution in [2.45, 2.75) is 32.7 Å². The Hall–Kier alpha value is -2.24. The first kappa shape index (κ1) is 22.4. The van der Waals surface area contributed by atoms with Gasteiger partial charge in [0.1, 0.15) is 11.5 Å². The second-order valence-corrected chi connectivity index (χ2v) is 8.20. The lowest BCUT2D eigenvalue weighted by molar-refractivity contribution is -0.135. The molecule has 30 heavy (non-hydrogen) atoms. The van der Waals surface area contributed by atoms with Crippen molar-refractivity contribution in [2.75, 3.05) is 33.4 Å². The van der Waals surface area contributed by atoms with E-state index in [4.69, 9.17) is 21.1 Å². The normalized spacial score (nSPS) is 16.1. The van der Waals surface area contributed by atoms with Gasteiger partial charge in [-0.05, 0) is 69.1 Å². The van der Waals surface area contributed by atoms with Crippen LogP contribution in [0.25, 0.3) is 0 Å². The summed E-state index contributed by atoms with van der Waals surface area (Å²) in [6, 6.07) is 15.7. The van der Waals surface area contributed by atoms with Gasteiger partial charge in [0.2, 0.25) is 5.91 Å². The summed E-state index contributed by atoms with van der Waals surface area (Å²) in [7, 11) is 1.62. The molecule has 0 saturated carbocycles. The molecule has 0 radical (unpaired) electrons. The zero-order valence-electron chi connectivity index (χ0n) is 17.8. The zero-order valence-corrected chi connectivity index (χ0v) is 18.6. The van der Waals surface area contributed by atoms with Crippen LogP contribution in [0.5, 0.6) is 11.5 Å². The Balaban J connectivity index is 1.59. The molecule has 162 valence electrons. The van der Waals surface area contributed by atoms with Crippen molar-refractivity contribution < 1.29 is 14.3 Å². The fraction of sp³-hybridized carbons (Fsp3) is 0.458. The number of hydrogen-bond donors (Lipinski definition) is 1. The average Bonchev–Trinajstić information content (AvgIpc) is 2.76. The standard InChI is InChI=1S/C24H31ClN2O3/c1-3-26-23(28)24(13-16-30-20-7-5-4-6-8-20)11-14-27(15-12-24)18-19-9-10-22(29-2)21(25)17-19/h4-10,17H,3,11-16,18H2,1-2H3,(H,26,28). The molecule has 1 aliphatic heterocycles. The van der Waals surface area contributed by atoms with E-state index >= 15 is 0 Å². The van der Waals surface area contributed by atoms with E-state index < -0.39 is 0 Å². The number of halogens is 1. The highest BCUT2D eigenvalue weighted by atomic mass is 35.5. The molecule has 0 unspecified atom stereocenters. The molecule has 0 aliphatic carbocycles. The van der Waals surface area contributed by atoms with E-state index in [2.05, 4.69) is 10.2 Å². The second kappa shape index (κ2) is 10.7. The van der Waals surface area contributed by atoms with Gasteiger partial charge in [-0.15, -0.1) is 0 Å². The molecule has 1 saturated heterocycles. The third-order valence-corrected chi connectivity index (χ3v) is 6.14. The quantitative estimate of drug-likeness (QED) is 0.634. The van der Waals surface area contributed by atoms with Gasteiger partial charge in [0.05, 0.1) is 24.2 Å². The third-order valence-electron chi connectivity index (χ3n) is 5.85. The van der Waals surface area contributed by atoms with E-state index in [-0.39, 0.29) is 11.3 Å². The predicted octanol–water partition coefficient (Wildman–Crippen LogP) is 4.54. The van der Waals surface area contributed by atoms with Crippen molar-refractivity contribution >= 4 is 17.5 Å². The molecular formula is C24H31ClN2O3. The van der Waals surface area contributed by atoms with Gasteiger partial charge in [-0.1, -0.05) is 35.9 Å². The molecule has 1 amide bonds. The number of nitrogens with one attached hydrogen (secondary N) is 1. The fourth-order valence-electron chi connectivity index (χ4n) is 4.03. The number of nitrogens with zero attached hydrogens (tertiary/aromatic N) is 1. The lowest BCUT2D eigenvalue weighted by Crippen LogP contribution is -2.49. The molecule has 0 spiro atoms. The first-order valence-corrected chi connectivity index (χ1v) is 10.9. The number of hydrogen-bond acceptors (Lipinski definition) is 4. The highest BCUT2D eigenvalue weighted by molar-refractivity contribution is 6.32. The van der Waals surface area contributed by atoms with Gasteiger partial charge in [0.25, 0.3) is 0 Å². The van der Waals surface area contributed by atoms with Gasteiger partial charge < -0.3 is 14.8 Å². The molecule has 1 N–H and O–H groups in total. The molecule has 1 aliphatic rings. The molecule has 3 rings (SSSR count). The van der Waals surface area contributed by atoms with Gasteiger partial charge in [-0.3, -0.25) is 9.69 Å². The van der Waals surface area contributed by atoms with E-state index in [0.717, 1.165) is 50.2 Å². The number of para-hydroxylation sites is 1. The van der Waals surface area contributed by atoms with Crippen LogP contribution in [0.3, 0.4) is 0 Å². The topological polar surface area (TPSA) is 50.8 Å². The van der Waals surface area contributed by atoms with E-state index in [1.807, 2.05) is 55.5 Å². The van der Waals surface area contributed by atoms with Crippen LogP contribution < -0.4 is 14.8 Å². The molecule has 1 heterocycles. The number of likely N-dealkylation sites (tertiary alicyclic amines) is 1. The van der Waals surface area contributed by atoms with Gasteiger partial charge in [-0.2, -0.15) is 0 Å². The largest absolute Gasteiger partial charge is 0.495 e. The molecule has 2 aromatic carbocycles. The third kappa shape index (κ3) is 5.67. The molecule has 0 aromatic heterocycles. The Kier molecular flexibility index (Phi) is 8.00. The van der Waals surface area contributed by atoms with E-state index in [1.54, 1.807) is 7.11 Å². The van der Waals surface area contributed by atoms with Crippen LogP contribution in [-0.2, 0) is 11.3 Å². The van der Waals surface area contributed by atoms with Crippen molar-refractivity contribution in [1.29, 1.82) is 0 Å². The van der Waals surface area contributed by atoms with Gasteiger partial charge in [0.15, 0.2) is 0 Å². The summed E-state index contributed by atoms with van der Waals surface area (Å²) in [5.41, 5.74) is 0.775. The van der Waals surface area contributed by atoms with Gasteiger partial charge in [0, 0.05) is 13.1 Å². The predicted molar refractivity (Wildman–Crippen MR) is 120 cm³/mol. The molecule has 1 fully saturated rings. The molecule has 2 aromatic rings. The first-order chi connectivity index (χ1) is 14.6. The Bertz CT molecular complexity index is 820. The van der Waals surface area contributed by atoms with E-state index in [9.17, 15) is 4.79 Å². The van der Waals surface area contributed by atoms with Gasteiger partial charge in [-0.25, -0.2) is 0 Å². The molecule has 6 heteroatoms. The van der Waals surface area contributed by atoms with Crippen LogP contribution in [0, 0.1) is 5.41 Å². The molecular weight excluding hydrogens is 400 g/mol. The maximum atomic E-state index is 12.9. The molecule has 5 nitrogen and oxygen atoms in total. The number of piperidine rings is 1. The van der Waals surface area contributed by atoms with Crippen molar-refractivity contribution in [3.05, 3.63) is 59.1 Å². The minimum atomic E-state index is -0.376. The number of benzene rings is 2. The highest BCUT2D eigenvalue weighted by Gasteiger charge is 2.40. The Morgan fingerprint density at radius 3 is 2.53 bits per heavy atom. The van der Waals surface area contributed by atoms with Gasteiger partial charge >= 0.3 is 0 Å². The second-order valence-electron chi connectivity index (χ2n) is 7.80. The summed E-state index contributed by atoms with van der Waals surface area (Å²) >= 11 is 6.27. The van der Waals surface area contributed by atoms with E-state index in [0.29, 0.717) is 23.9 Å². The Morgan fingerprint density at radius 1 is 1.17 bits per heavy atom. The zero-order chi connectivity index (χ0) is 21.4. The summed E-state index contributed by atoms with van der Waals surface area (Å²) in [4.78, 5) is 15.3. The van der Waals surface area contributed by atoms with Crippen LogP contribution in [0.15, 0.2) is 48.5 Å². The van der Waals surface area contributed by atoms with Crippen LogP contribution in [0.2, 0.25) is 5.02 Å². The van der Waals surface area contributed by atoms with Crippen LogP contribution in [0.1, 0.15) is 31.7 Å². The number of ether oxygens (including phenoxy) is 2. The highest BCUT2D eigenvalue weighted by Crippen LogP contribution is 2.36. The minimum Gasteiger partial charge on any atom is -0.495 e. The maximum absolute atomic E-state index is 12.9. The van der Waals surface area contributed by atoms with Crippen molar-refractivity contribution in [3.8, 4) is 11.5 Å². The molecule has 0 atom stereocenters. The summed E-state index contributed by atoms with van der Waals surface area (Å²) in [6.45, 7) is 5.70. The van der Waals surface area contributed by atoms with Crippen molar-refractivity contribution in [2.24, 2.45) is 5.41 Å². The number of rotatable bonds is 9. The summed E-state index contributed by atoms with van der Waals surface area (Å²) < 4.78 is 11.1. The SMILES string of the molecule is CCNC(=O)C1(CCOc2ccccc2)CCN(Cc2ccc(OC)c(Cl)c2)CC1. The lowest BCUT2D eigenvalue weighted by Gasteiger charge is -2.40. The van der Waals surface area contributed by atoms with Crippen LogP contribution >= 0.6 is 11.6 Å².